The van der Waals surface area contributed by atoms with Crippen LogP contribution in [0.15, 0.2) is 29.6 Å². The summed E-state index contributed by atoms with van der Waals surface area (Å²) < 4.78 is 0. The Kier molecular flexibility index (Phi) is 5.06. The Morgan fingerprint density at radius 1 is 1.30 bits per heavy atom. The standard InChI is InChI=1S/C14H17N3O2S/c1-11-10-20-14(16-11)4-2-3-9-15-12-5-7-13(8-6-12)17(18)19/h5-8,10,15H,2-4,9H2,1H3. The number of nitrogens with zero attached hydrogens (tertiary/aromatic N) is 2. The van der Waals surface area contributed by atoms with Crippen LogP contribution >= 0.6 is 11.3 Å². The van der Waals surface area contributed by atoms with Gasteiger partial charge in [-0.2, -0.15) is 0 Å². The zero-order valence-electron chi connectivity index (χ0n) is 11.3. The molecule has 0 aliphatic rings. The number of nitrogens with one attached hydrogen (secondary N) is 1. The largest absolute Gasteiger partial charge is 0.385 e. The highest BCUT2D eigenvalue weighted by Crippen LogP contribution is 2.16. The van der Waals surface area contributed by atoms with E-state index in [1.54, 1.807) is 23.5 Å². The molecule has 0 saturated carbocycles. The summed E-state index contributed by atoms with van der Waals surface area (Å²) in [5, 5.41) is 17.1. The summed E-state index contributed by atoms with van der Waals surface area (Å²) >= 11 is 1.71. The van der Waals surface area contributed by atoms with Gasteiger partial charge < -0.3 is 5.32 Å². The van der Waals surface area contributed by atoms with Gasteiger partial charge in [0.15, 0.2) is 0 Å². The lowest BCUT2D eigenvalue weighted by molar-refractivity contribution is -0.384. The molecule has 106 valence electrons. The first-order valence-electron chi connectivity index (χ1n) is 6.54. The fraction of sp³-hybridized carbons (Fsp3) is 0.357. The first kappa shape index (κ1) is 14.5. The average molecular weight is 291 g/mol. The molecule has 0 saturated heterocycles. The third-order valence-electron chi connectivity index (χ3n) is 2.89. The van der Waals surface area contributed by atoms with Gasteiger partial charge in [-0.25, -0.2) is 4.98 Å². The molecule has 0 unspecified atom stereocenters. The van der Waals surface area contributed by atoms with Gasteiger partial charge in [0.05, 0.1) is 9.93 Å². The molecule has 1 heterocycles. The number of hydrogen-bond acceptors (Lipinski definition) is 5. The Bertz CT molecular complexity index is 566. The van der Waals surface area contributed by atoms with Gasteiger partial charge in [-0.15, -0.1) is 11.3 Å². The van der Waals surface area contributed by atoms with Gasteiger partial charge >= 0.3 is 0 Å². The van der Waals surface area contributed by atoms with Crippen LogP contribution in [0.25, 0.3) is 0 Å². The zero-order valence-corrected chi connectivity index (χ0v) is 12.2. The van der Waals surface area contributed by atoms with Crippen LogP contribution in [0.1, 0.15) is 23.5 Å². The second-order valence-electron chi connectivity index (χ2n) is 4.57. The van der Waals surface area contributed by atoms with E-state index in [2.05, 4.69) is 15.7 Å². The minimum Gasteiger partial charge on any atom is -0.385 e. The summed E-state index contributed by atoms with van der Waals surface area (Å²) in [4.78, 5) is 14.6. The summed E-state index contributed by atoms with van der Waals surface area (Å²) in [5.74, 6) is 0. The molecule has 0 spiro atoms. The topological polar surface area (TPSA) is 68.1 Å². The number of nitro benzene ring substituents is 1. The van der Waals surface area contributed by atoms with E-state index in [-0.39, 0.29) is 10.6 Å². The molecule has 1 aromatic carbocycles. The van der Waals surface area contributed by atoms with Crippen molar-refractivity contribution < 1.29 is 4.92 Å². The summed E-state index contributed by atoms with van der Waals surface area (Å²) in [6.45, 7) is 2.87. The van der Waals surface area contributed by atoms with E-state index in [0.29, 0.717) is 0 Å². The van der Waals surface area contributed by atoms with E-state index >= 15 is 0 Å². The first-order chi connectivity index (χ1) is 9.65. The monoisotopic (exact) mass is 291 g/mol. The number of unbranched alkanes of at least 4 members (excludes halogenated alkanes) is 1. The molecule has 0 aliphatic heterocycles. The number of non-ortho nitro benzene ring substituents is 1. The lowest BCUT2D eigenvalue weighted by Crippen LogP contribution is -2.02. The molecule has 2 rings (SSSR count). The Labute approximate surface area is 121 Å². The molecule has 0 radical (unpaired) electrons. The highest BCUT2D eigenvalue weighted by Gasteiger charge is 2.03. The number of rotatable bonds is 7. The molecule has 1 aromatic heterocycles. The molecule has 0 amide bonds. The van der Waals surface area contributed by atoms with Crippen molar-refractivity contribution in [1.29, 1.82) is 0 Å². The van der Waals surface area contributed by atoms with E-state index in [1.807, 2.05) is 6.92 Å². The second kappa shape index (κ2) is 7.00. The fourth-order valence-electron chi connectivity index (χ4n) is 1.85. The predicted molar refractivity (Wildman–Crippen MR) is 81.4 cm³/mol. The van der Waals surface area contributed by atoms with Gasteiger partial charge in [0.2, 0.25) is 0 Å². The highest BCUT2D eigenvalue weighted by atomic mass is 32.1. The van der Waals surface area contributed by atoms with E-state index in [4.69, 9.17) is 0 Å². The lowest BCUT2D eigenvalue weighted by Gasteiger charge is -2.05. The zero-order chi connectivity index (χ0) is 14.4. The number of aromatic nitrogens is 1. The summed E-state index contributed by atoms with van der Waals surface area (Å²) in [7, 11) is 0. The van der Waals surface area contributed by atoms with Gasteiger partial charge in [0, 0.05) is 35.4 Å². The molecule has 0 bridgehead atoms. The maximum absolute atomic E-state index is 10.5. The van der Waals surface area contributed by atoms with Crippen molar-refractivity contribution >= 4 is 22.7 Å². The van der Waals surface area contributed by atoms with Gasteiger partial charge in [-0.05, 0) is 38.3 Å². The second-order valence-corrected chi connectivity index (χ2v) is 5.51. The maximum Gasteiger partial charge on any atom is 0.269 e. The van der Waals surface area contributed by atoms with Crippen molar-refractivity contribution in [3.63, 3.8) is 0 Å². The van der Waals surface area contributed by atoms with Crippen LogP contribution in [0, 0.1) is 17.0 Å². The van der Waals surface area contributed by atoms with Crippen molar-refractivity contribution in [3.8, 4) is 0 Å². The van der Waals surface area contributed by atoms with E-state index < -0.39 is 0 Å². The third-order valence-corrected chi connectivity index (χ3v) is 3.92. The summed E-state index contributed by atoms with van der Waals surface area (Å²) in [6.07, 6.45) is 3.16. The van der Waals surface area contributed by atoms with Gasteiger partial charge in [-0.1, -0.05) is 0 Å². The van der Waals surface area contributed by atoms with Crippen LogP contribution in [0.2, 0.25) is 0 Å². The van der Waals surface area contributed by atoms with Crippen LogP contribution in [0.3, 0.4) is 0 Å². The quantitative estimate of drug-likeness (QED) is 0.478. The van der Waals surface area contributed by atoms with Gasteiger partial charge in [0.1, 0.15) is 0 Å². The van der Waals surface area contributed by atoms with Crippen LogP contribution < -0.4 is 5.32 Å². The molecule has 5 nitrogen and oxygen atoms in total. The first-order valence-corrected chi connectivity index (χ1v) is 7.42. The Morgan fingerprint density at radius 2 is 2.05 bits per heavy atom. The van der Waals surface area contributed by atoms with E-state index in [0.717, 1.165) is 37.2 Å². The number of thiazole rings is 1. The average Bonchev–Trinajstić information content (AvgIpc) is 2.84. The van der Waals surface area contributed by atoms with Gasteiger partial charge in [-0.3, -0.25) is 10.1 Å². The minimum atomic E-state index is -0.389. The fourth-order valence-corrected chi connectivity index (χ4v) is 2.67. The normalized spacial score (nSPS) is 10.4. The van der Waals surface area contributed by atoms with Crippen LogP contribution in [0.5, 0.6) is 0 Å². The van der Waals surface area contributed by atoms with Crippen molar-refractivity contribution in [2.24, 2.45) is 0 Å². The molecule has 0 atom stereocenters. The maximum atomic E-state index is 10.5. The molecular formula is C14H17N3O2S. The molecule has 20 heavy (non-hydrogen) atoms. The number of anilines is 1. The van der Waals surface area contributed by atoms with Gasteiger partial charge in [0.25, 0.3) is 5.69 Å². The smallest absolute Gasteiger partial charge is 0.269 e. The van der Waals surface area contributed by atoms with Crippen LogP contribution in [-0.4, -0.2) is 16.5 Å². The Balaban J connectivity index is 1.66. The molecule has 6 heteroatoms. The number of aryl methyl sites for hydroxylation is 2. The highest BCUT2D eigenvalue weighted by molar-refractivity contribution is 7.09. The predicted octanol–water partition coefficient (Wildman–Crippen LogP) is 3.79. The number of hydrogen-bond donors (Lipinski definition) is 1. The van der Waals surface area contributed by atoms with E-state index in [1.165, 1.54) is 17.1 Å². The van der Waals surface area contributed by atoms with Crippen LogP contribution in [0.4, 0.5) is 11.4 Å². The molecule has 0 aliphatic carbocycles. The van der Waals surface area contributed by atoms with Crippen molar-refractivity contribution in [2.75, 3.05) is 11.9 Å². The number of nitro groups is 1. The minimum absolute atomic E-state index is 0.120. The molecule has 1 N–H and O–H groups in total. The molecule has 0 fully saturated rings. The SMILES string of the molecule is Cc1csc(CCCCNc2ccc([N+](=O)[O-])cc2)n1. The third kappa shape index (κ3) is 4.31. The van der Waals surface area contributed by atoms with Crippen molar-refractivity contribution in [3.05, 3.63) is 50.5 Å². The van der Waals surface area contributed by atoms with Crippen molar-refractivity contribution in [1.82, 2.24) is 4.98 Å². The Morgan fingerprint density at radius 3 is 2.65 bits per heavy atom. The lowest BCUT2D eigenvalue weighted by atomic mass is 10.2. The van der Waals surface area contributed by atoms with Crippen LogP contribution in [-0.2, 0) is 6.42 Å². The Hall–Kier alpha value is -1.95. The molecule has 2 aromatic rings. The van der Waals surface area contributed by atoms with E-state index in [9.17, 15) is 10.1 Å². The summed E-state index contributed by atoms with van der Waals surface area (Å²) in [5.41, 5.74) is 2.13. The van der Waals surface area contributed by atoms with Crippen molar-refractivity contribution in [2.45, 2.75) is 26.2 Å². The summed E-state index contributed by atoms with van der Waals surface area (Å²) in [6, 6.07) is 6.51. The number of benzene rings is 1. The molecular weight excluding hydrogens is 274 g/mol.